The van der Waals surface area contributed by atoms with Crippen molar-refractivity contribution in [2.24, 2.45) is 5.92 Å². The van der Waals surface area contributed by atoms with Gasteiger partial charge in [-0.05, 0) is 18.1 Å². The van der Waals surface area contributed by atoms with Gasteiger partial charge in [0.25, 0.3) is 0 Å². The number of nitrogens with one attached hydrogen (secondary N) is 1. The molecule has 2 N–H and O–H groups in total. The van der Waals surface area contributed by atoms with Gasteiger partial charge in [-0.3, -0.25) is 9.52 Å². The number of benzene rings is 1. The lowest BCUT2D eigenvalue weighted by atomic mass is 10.2. The Balaban J connectivity index is 2.74. The molecular weight excluding hydrogens is 270 g/mol. The number of carboxylic acid groups (broad SMARTS) is 1. The van der Waals surface area contributed by atoms with Gasteiger partial charge in [-0.1, -0.05) is 19.9 Å². The smallest absolute Gasteiger partial charge is 0.320 e. The molecule has 0 amide bonds. The van der Waals surface area contributed by atoms with Gasteiger partial charge in [0, 0.05) is 6.07 Å². The predicted octanol–water partition coefficient (Wildman–Crippen LogP) is 1.55. The van der Waals surface area contributed by atoms with E-state index in [1.54, 1.807) is 12.1 Å². The lowest BCUT2D eigenvalue weighted by Gasteiger charge is -2.11. The van der Waals surface area contributed by atoms with E-state index in [2.05, 4.69) is 4.72 Å². The molecule has 0 aliphatic rings. The molecule has 106 valence electrons. The van der Waals surface area contributed by atoms with Gasteiger partial charge in [0.15, 0.2) is 5.75 Å². The minimum Gasteiger partial charge on any atom is -0.493 e. The number of carboxylic acids is 1. The second-order valence-corrected chi connectivity index (χ2v) is 6.21. The Morgan fingerprint density at radius 2 is 2.11 bits per heavy atom. The van der Waals surface area contributed by atoms with E-state index in [4.69, 9.17) is 9.84 Å². The molecule has 0 unspecified atom stereocenters. The van der Waals surface area contributed by atoms with Gasteiger partial charge < -0.3 is 9.84 Å². The van der Waals surface area contributed by atoms with Gasteiger partial charge in [-0.2, -0.15) is 0 Å². The SMILES string of the molecule is CC(C)COc1cccc(NS(=O)(=O)CC(=O)O)c1. The summed E-state index contributed by atoms with van der Waals surface area (Å²) < 4.78 is 30.6. The normalized spacial score (nSPS) is 11.3. The van der Waals surface area contributed by atoms with Crippen LogP contribution in [0, 0.1) is 5.92 Å². The Labute approximate surface area is 112 Å². The maximum absolute atomic E-state index is 11.5. The van der Waals surface area contributed by atoms with Crippen LogP contribution in [0.3, 0.4) is 0 Å². The van der Waals surface area contributed by atoms with Crippen LogP contribution in [0.25, 0.3) is 0 Å². The Hall–Kier alpha value is -1.76. The van der Waals surface area contributed by atoms with Gasteiger partial charge in [-0.25, -0.2) is 8.42 Å². The van der Waals surface area contributed by atoms with Gasteiger partial charge >= 0.3 is 5.97 Å². The third kappa shape index (κ3) is 6.10. The van der Waals surface area contributed by atoms with Crippen molar-refractivity contribution in [1.82, 2.24) is 0 Å². The fraction of sp³-hybridized carbons (Fsp3) is 0.417. The first kappa shape index (κ1) is 15.3. The quantitative estimate of drug-likeness (QED) is 0.793. The van der Waals surface area contributed by atoms with Gasteiger partial charge in [0.05, 0.1) is 12.3 Å². The molecule has 1 rings (SSSR count). The van der Waals surface area contributed by atoms with Crippen LogP contribution in [-0.2, 0) is 14.8 Å². The Kier molecular flexibility index (Phi) is 5.17. The van der Waals surface area contributed by atoms with Gasteiger partial charge in [-0.15, -0.1) is 0 Å². The standard InChI is InChI=1S/C12H17NO5S/c1-9(2)7-18-11-5-3-4-10(6-11)13-19(16,17)8-12(14)15/h3-6,9,13H,7-8H2,1-2H3,(H,14,15). The molecule has 0 radical (unpaired) electrons. The number of rotatable bonds is 7. The molecule has 1 aromatic rings. The fourth-order valence-corrected chi connectivity index (χ4v) is 2.17. The van der Waals surface area contributed by atoms with Crippen molar-refractivity contribution in [2.75, 3.05) is 17.1 Å². The molecule has 0 atom stereocenters. The second kappa shape index (κ2) is 6.42. The number of sulfonamides is 1. The van der Waals surface area contributed by atoms with E-state index in [1.807, 2.05) is 13.8 Å². The topological polar surface area (TPSA) is 92.7 Å². The Bertz CT molecular complexity index is 539. The zero-order valence-electron chi connectivity index (χ0n) is 10.8. The van der Waals surface area contributed by atoms with Crippen LogP contribution in [0.1, 0.15) is 13.8 Å². The van der Waals surface area contributed by atoms with E-state index in [0.29, 0.717) is 18.3 Å². The molecule has 0 spiro atoms. The first-order chi connectivity index (χ1) is 8.78. The number of hydrogen-bond acceptors (Lipinski definition) is 4. The zero-order valence-corrected chi connectivity index (χ0v) is 11.6. The number of hydrogen-bond donors (Lipinski definition) is 2. The van der Waals surface area contributed by atoms with E-state index in [0.717, 1.165) is 0 Å². The largest absolute Gasteiger partial charge is 0.493 e. The molecule has 0 aliphatic heterocycles. The average Bonchev–Trinajstić information content (AvgIpc) is 2.24. The Morgan fingerprint density at radius 3 is 2.68 bits per heavy atom. The Morgan fingerprint density at radius 1 is 1.42 bits per heavy atom. The average molecular weight is 287 g/mol. The number of anilines is 1. The summed E-state index contributed by atoms with van der Waals surface area (Å²) in [5.74, 6) is -1.49. The van der Waals surface area contributed by atoms with E-state index >= 15 is 0 Å². The molecule has 19 heavy (non-hydrogen) atoms. The predicted molar refractivity (Wildman–Crippen MR) is 71.8 cm³/mol. The summed E-state index contributed by atoms with van der Waals surface area (Å²) in [5, 5.41) is 8.48. The summed E-state index contributed by atoms with van der Waals surface area (Å²) in [4.78, 5) is 10.4. The highest BCUT2D eigenvalue weighted by atomic mass is 32.2. The van der Waals surface area contributed by atoms with Gasteiger partial charge in [0.1, 0.15) is 5.75 Å². The third-order valence-electron chi connectivity index (χ3n) is 2.00. The van der Waals surface area contributed by atoms with Crippen LogP contribution in [0.15, 0.2) is 24.3 Å². The van der Waals surface area contributed by atoms with Crippen LogP contribution in [0.5, 0.6) is 5.75 Å². The number of aliphatic carboxylic acids is 1. The highest BCUT2D eigenvalue weighted by molar-refractivity contribution is 7.93. The van der Waals surface area contributed by atoms with E-state index in [-0.39, 0.29) is 5.69 Å². The maximum Gasteiger partial charge on any atom is 0.320 e. The van der Waals surface area contributed by atoms with Crippen LogP contribution in [0.2, 0.25) is 0 Å². The molecule has 0 aliphatic carbocycles. The summed E-state index contributed by atoms with van der Waals surface area (Å²) in [5.41, 5.74) is 0.280. The van der Waals surface area contributed by atoms with Crippen LogP contribution >= 0.6 is 0 Å². The van der Waals surface area contributed by atoms with Crippen LogP contribution in [0.4, 0.5) is 5.69 Å². The summed E-state index contributed by atoms with van der Waals surface area (Å²) in [6.45, 7) is 4.52. The van der Waals surface area contributed by atoms with E-state index < -0.39 is 21.7 Å². The highest BCUT2D eigenvalue weighted by Crippen LogP contribution is 2.19. The fourth-order valence-electron chi connectivity index (χ4n) is 1.29. The van der Waals surface area contributed by atoms with Crippen LogP contribution in [-0.4, -0.2) is 31.9 Å². The first-order valence-corrected chi connectivity index (χ1v) is 7.39. The number of ether oxygens (including phenoxy) is 1. The highest BCUT2D eigenvalue weighted by Gasteiger charge is 2.15. The molecule has 6 nitrogen and oxygen atoms in total. The summed E-state index contributed by atoms with van der Waals surface area (Å²) in [6, 6.07) is 6.38. The zero-order chi connectivity index (χ0) is 14.5. The summed E-state index contributed by atoms with van der Waals surface area (Å²) >= 11 is 0. The molecule has 0 heterocycles. The minimum atomic E-state index is -3.89. The maximum atomic E-state index is 11.5. The second-order valence-electron chi connectivity index (χ2n) is 4.49. The van der Waals surface area contributed by atoms with Crippen molar-refractivity contribution in [2.45, 2.75) is 13.8 Å². The van der Waals surface area contributed by atoms with E-state index in [1.165, 1.54) is 12.1 Å². The molecule has 0 aromatic heterocycles. The van der Waals surface area contributed by atoms with Crippen molar-refractivity contribution in [1.29, 1.82) is 0 Å². The van der Waals surface area contributed by atoms with Crippen molar-refractivity contribution < 1.29 is 23.1 Å². The van der Waals surface area contributed by atoms with Crippen LogP contribution < -0.4 is 9.46 Å². The van der Waals surface area contributed by atoms with Crippen molar-refractivity contribution in [3.05, 3.63) is 24.3 Å². The molecule has 0 saturated heterocycles. The molecule has 0 bridgehead atoms. The number of carbonyl (C=O) groups is 1. The van der Waals surface area contributed by atoms with Crippen molar-refractivity contribution in [3.63, 3.8) is 0 Å². The lowest BCUT2D eigenvalue weighted by Crippen LogP contribution is -2.22. The van der Waals surface area contributed by atoms with Crippen molar-refractivity contribution in [3.8, 4) is 5.75 Å². The molecule has 0 saturated carbocycles. The van der Waals surface area contributed by atoms with E-state index in [9.17, 15) is 13.2 Å². The van der Waals surface area contributed by atoms with Gasteiger partial charge in [0.2, 0.25) is 10.0 Å². The summed E-state index contributed by atoms with van der Waals surface area (Å²) in [7, 11) is -3.89. The van der Waals surface area contributed by atoms with Crippen molar-refractivity contribution >= 4 is 21.7 Å². The third-order valence-corrected chi connectivity index (χ3v) is 3.18. The molecular formula is C12H17NO5S. The minimum absolute atomic E-state index is 0.280. The molecule has 0 fully saturated rings. The summed E-state index contributed by atoms with van der Waals surface area (Å²) in [6.07, 6.45) is 0. The monoisotopic (exact) mass is 287 g/mol. The lowest BCUT2D eigenvalue weighted by molar-refractivity contribution is -0.134. The first-order valence-electron chi connectivity index (χ1n) is 5.73. The molecule has 1 aromatic carbocycles. The molecule has 7 heteroatoms.